The molecule has 146 valence electrons. The minimum Gasteiger partial charge on any atom is -0.335 e. The zero-order valence-electron chi connectivity index (χ0n) is 15.4. The quantitative estimate of drug-likeness (QED) is 0.593. The molecule has 0 radical (unpaired) electrons. The van der Waals surface area contributed by atoms with Crippen LogP contribution in [0.2, 0.25) is 0 Å². The van der Waals surface area contributed by atoms with Crippen LogP contribution in [0.1, 0.15) is 39.3 Å². The number of nitrogens with zero attached hydrogens (tertiary/aromatic N) is 5. The van der Waals surface area contributed by atoms with Crippen LogP contribution in [0.15, 0.2) is 30.5 Å². The van der Waals surface area contributed by atoms with Crippen LogP contribution in [0.25, 0.3) is 0 Å². The predicted octanol–water partition coefficient (Wildman–Crippen LogP) is 1.73. The van der Waals surface area contributed by atoms with Gasteiger partial charge in [0, 0.05) is 50.4 Å². The predicted molar refractivity (Wildman–Crippen MR) is 100 cm³/mol. The summed E-state index contributed by atoms with van der Waals surface area (Å²) in [5.74, 6) is -0.288. The van der Waals surface area contributed by atoms with E-state index in [-0.39, 0.29) is 17.5 Å². The van der Waals surface area contributed by atoms with Crippen LogP contribution in [-0.4, -0.2) is 62.5 Å². The molecule has 9 heteroatoms. The van der Waals surface area contributed by atoms with Crippen molar-refractivity contribution in [1.29, 1.82) is 0 Å². The monoisotopic (exact) mass is 383 g/mol. The summed E-state index contributed by atoms with van der Waals surface area (Å²) >= 11 is 0. The molecule has 2 aromatic rings. The van der Waals surface area contributed by atoms with Gasteiger partial charge in [-0.25, -0.2) is 0 Å². The number of hydrogen-bond donors (Lipinski definition) is 0. The number of piperazine rings is 1. The Morgan fingerprint density at radius 2 is 1.71 bits per heavy atom. The summed E-state index contributed by atoms with van der Waals surface area (Å²) in [4.78, 5) is 39.3. The molecule has 0 aliphatic carbocycles. The Labute approximate surface area is 161 Å². The fraction of sp³-hybridized carbons (Fsp3) is 0.421. The number of carbonyl (C=O) groups excluding carboxylic acids is 2. The van der Waals surface area contributed by atoms with Crippen LogP contribution in [0, 0.1) is 10.1 Å². The van der Waals surface area contributed by atoms with Gasteiger partial charge >= 0.3 is 0 Å². The fourth-order valence-electron chi connectivity index (χ4n) is 3.82. The van der Waals surface area contributed by atoms with E-state index in [0.29, 0.717) is 37.3 Å². The Morgan fingerprint density at radius 3 is 2.43 bits per heavy atom. The highest BCUT2D eigenvalue weighted by Crippen LogP contribution is 2.21. The van der Waals surface area contributed by atoms with E-state index in [2.05, 4.69) is 5.10 Å². The Balaban J connectivity index is 1.41. The van der Waals surface area contributed by atoms with Gasteiger partial charge in [0.25, 0.3) is 17.5 Å². The molecule has 1 saturated heterocycles. The largest absolute Gasteiger partial charge is 0.335 e. The van der Waals surface area contributed by atoms with Crippen molar-refractivity contribution in [3.63, 3.8) is 0 Å². The smallest absolute Gasteiger partial charge is 0.270 e. The summed E-state index contributed by atoms with van der Waals surface area (Å²) in [5, 5.41) is 15.2. The number of rotatable bonds is 3. The van der Waals surface area contributed by atoms with E-state index in [4.69, 9.17) is 0 Å². The maximum absolute atomic E-state index is 12.9. The third kappa shape index (κ3) is 3.35. The number of benzene rings is 1. The molecular formula is C19H21N5O4. The molecule has 0 N–H and O–H groups in total. The summed E-state index contributed by atoms with van der Waals surface area (Å²) < 4.78 is 1.92. The molecule has 0 atom stereocenters. The fourth-order valence-corrected chi connectivity index (χ4v) is 3.82. The van der Waals surface area contributed by atoms with E-state index in [9.17, 15) is 19.7 Å². The van der Waals surface area contributed by atoms with Crippen LogP contribution >= 0.6 is 0 Å². The lowest BCUT2D eigenvalue weighted by Crippen LogP contribution is -2.50. The second kappa shape index (κ2) is 7.41. The molecule has 1 aromatic heterocycles. The summed E-state index contributed by atoms with van der Waals surface area (Å²) in [7, 11) is 0. The minimum atomic E-state index is -0.514. The van der Waals surface area contributed by atoms with Gasteiger partial charge in [0.15, 0.2) is 0 Å². The highest BCUT2D eigenvalue weighted by Gasteiger charge is 2.29. The van der Waals surface area contributed by atoms with Gasteiger partial charge in [0.2, 0.25) is 0 Å². The number of fused-ring (bicyclic) bond motifs is 1. The number of hydrogen-bond acceptors (Lipinski definition) is 5. The summed E-state index contributed by atoms with van der Waals surface area (Å²) in [6.07, 6.45) is 4.67. The molecule has 2 aliphatic rings. The van der Waals surface area contributed by atoms with Crippen LogP contribution in [0.4, 0.5) is 5.69 Å². The van der Waals surface area contributed by atoms with Crippen molar-refractivity contribution in [3.05, 3.63) is 57.4 Å². The Hall–Kier alpha value is -3.23. The lowest BCUT2D eigenvalue weighted by Gasteiger charge is -2.35. The number of nitro groups is 1. The zero-order chi connectivity index (χ0) is 19.7. The third-order valence-electron chi connectivity index (χ3n) is 5.37. The van der Waals surface area contributed by atoms with Crippen molar-refractivity contribution in [2.75, 3.05) is 26.2 Å². The molecule has 2 amide bonds. The highest BCUT2D eigenvalue weighted by atomic mass is 16.6. The first-order chi connectivity index (χ1) is 13.5. The second-order valence-electron chi connectivity index (χ2n) is 7.08. The molecule has 1 aromatic carbocycles. The Bertz CT molecular complexity index is 930. The number of aromatic nitrogens is 2. The molecule has 4 rings (SSSR count). The molecular weight excluding hydrogens is 362 g/mol. The molecule has 0 saturated carbocycles. The van der Waals surface area contributed by atoms with Crippen LogP contribution < -0.4 is 0 Å². The van der Waals surface area contributed by atoms with Gasteiger partial charge in [-0.15, -0.1) is 0 Å². The van der Waals surface area contributed by atoms with E-state index in [1.54, 1.807) is 22.1 Å². The lowest BCUT2D eigenvalue weighted by atomic mass is 10.1. The molecule has 0 unspecified atom stereocenters. The van der Waals surface area contributed by atoms with Crippen LogP contribution in [-0.2, 0) is 13.0 Å². The van der Waals surface area contributed by atoms with Crippen LogP contribution in [0.3, 0.4) is 0 Å². The van der Waals surface area contributed by atoms with Crippen molar-refractivity contribution >= 4 is 17.5 Å². The Morgan fingerprint density at radius 1 is 1.00 bits per heavy atom. The average molecular weight is 383 g/mol. The molecule has 2 aliphatic heterocycles. The van der Waals surface area contributed by atoms with Gasteiger partial charge < -0.3 is 9.80 Å². The number of carbonyl (C=O) groups is 2. The number of aryl methyl sites for hydroxylation is 1. The summed E-state index contributed by atoms with van der Waals surface area (Å²) in [6, 6.07) is 5.74. The average Bonchev–Trinajstić information content (AvgIpc) is 3.17. The van der Waals surface area contributed by atoms with Crippen molar-refractivity contribution < 1.29 is 14.5 Å². The van der Waals surface area contributed by atoms with Crippen molar-refractivity contribution in [2.45, 2.75) is 25.8 Å². The van der Waals surface area contributed by atoms with E-state index in [1.807, 2.05) is 4.68 Å². The molecule has 0 bridgehead atoms. The van der Waals surface area contributed by atoms with Gasteiger partial charge in [0.1, 0.15) is 0 Å². The van der Waals surface area contributed by atoms with Gasteiger partial charge in [-0.2, -0.15) is 5.10 Å². The van der Waals surface area contributed by atoms with E-state index < -0.39 is 4.92 Å². The maximum Gasteiger partial charge on any atom is 0.270 e. The van der Waals surface area contributed by atoms with E-state index >= 15 is 0 Å². The van der Waals surface area contributed by atoms with Crippen molar-refractivity contribution in [1.82, 2.24) is 19.6 Å². The van der Waals surface area contributed by atoms with Gasteiger partial charge in [-0.1, -0.05) is 6.07 Å². The van der Waals surface area contributed by atoms with Gasteiger partial charge in [-0.05, 0) is 25.3 Å². The summed E-state index contributed by atoms with van der Waals surface area (Å²) in [6.45, 7) is 2.52. The standard InChI is InChI=1S/C19H21N5O4/c25-18(14-4-3-5-15(12-14)24(27)28)21-8-10-22(11-9-21)19(26)16-13-20-23-7-2-1-6-17(16)23/h3-5,12-13H,1-2,6-11H2. The second-order valence-corrected chi connectivity index (χ2v) is 7.08. The first kappa shape index (κ1) is 18.1. The zero-order valence-corrected chi connectivity index (χ0v) is 15.4. The highest BCUT2D eigenvalue weighted by molar-refractivity contribution is 5.96. The molecule has 0 spiro atoms. The minimum absolute atomic E-state index is 0.0365. The number of nitro benzene ring substituents is 1. The van der Waals surface area contributed by atoms with Gasteiger partial charge in [-0.3, -0.25) is 24.4 Å². The van der Waals surface area contributed by atoms with E-state index in [0.717, 1.165) is 31.5 Å². The lowest BCUT2D eigenvalue weighted by molar-refractivity contribution is -0.384. The normalized spacial score (nSPS) is 16.6. The van der Waals surface area contributed by atoms with Crippen molar-refractivity contribution in [3.8, 4) is 0 Å². The molecule has 1 fully saturated rings. The topological polar surface area (TPSA) is 102 Å². The third-order valence-corrected chi connectivity index (χ3v) is 5.37. The molecule has 28 heavy (non-hydrogen) atoms. The first-order valence-corrected chi connectivity index (χ1v) is 9.42. The first-order valence-electron chi connectivity index (χ1n) is 9.42. The molecule has 3 heterocycles. The van der Waals surface area contributed by atoms with Crippen LogP contribution in [0.5, 0.6) is 0 Å². The number of non-ortho nitro benzene ring substituents is 1. The number of amides is 2. The molecule has 9 nitrogen and oxygen atoms in total. The van der Waals surface area contributed by atoms with E-state index in [1.165, 1.54) is 18.2 Å². The maximum atomic E-state index is 12.9. The Kier molecular flexibility index (Phi) is 4.81. The summed E-state index contributed by atoms with van der Waals surface area (Å²) in [5.41, 5.74) is 1.86. The van der Waals surface area contributed by atoms with Crippen molar-refractivity contribution in [2.24, 2.45) is 0 Å². The van der Waals surface area contributed by atoms with Gasteiger partial charge in [0.05, 0.1) is 22.4 Å². The SMILES string of the molecule is O=C(c1cccc([N+](=O)[O-])c1)N1CCN(C(=O)c2cnn3c2CCCC3)CC1.